The van der Waals surface area contributed by atoms with E-state index in [0.29, 0.717) is 0 Å². The van der Waals surface area contributed by atoms with Crippen molar-refractivity contribution in [3.8, 4) is 11.1 Å². The van der Waals surface area contributed by atoms with Crippen LogP contribution in [0.1, 0.15) is 105 Å². The molecule has 0 N–H and O–H groups in total. The first-order valence-electron chi connectivity index (χ1n) is 15.3. The molecule has 4 rings (SSSR count). The van der Waals surface area contributed by atoms with Crippen LogP contribution in [0.4, 0.5) is 0 Å². The largest absolute Gasteiger partial charge is 0.289 e. The van der Waals surface area contributed by atoms with E-state index < -0.39 is 0 Å². The van der Waals surface area contributed by atoms with Gasteiger partial charge in [0.15, 0.2) is 5.78 Å². The summed E-state index contributed by atoms with van der Waals surface area (Å²) in [5, 5.41) is 0. The summed E-state index contributed by atoms with van der Waals surface area (Å²) >= 11 is 0. The summed E-state index contributed by atoms with van der Waals surface area (Å²) in [4.78, 5) is 13.9. The Kier molecular flexibility index (Phi) is 8.24. The van der Waals surface area contributed by atoms with Gasteiger partial charge >= 0.3 is 0 Å². The predicted molar refractivity (Wildman–Crippen MR) is 182 cm³/mol. The summed E-state index contributed by atoms with van der Waals surface area (Å²) in [5.41, 5.74) is 10.8. The lowest BCUT2D eigenvalue weighted by molar-refractivity contribution is -0.114. The number of hydrogen-bond donors (Lipinski definition) is 0. The third kappa shape index (κ3) is 6.78. The fraction of sp³-hybridized carbons (Fsp3) is 0.390. The molecule has 1 heteroatoms. The first-order valence-corrected chi connectivity index (χ1v) is 15.3. The number of ketones is 1. The van der Waals surface area contributed by atoms with Gasteiger partial charge in [0.25, 0.3) is 0 Å². The van der Waals surface area contributed by atoms with Crippen LogP contribution in [-0.2, 0) is 15.6 Å². The molecule has 220 valence electrons. The Hall–Kier alpha value is -3.45. The van der Waals surface area contributed by atoms with Crippen molar-refractivity contribution < 1.29 is 4.79 Å². The van der Waals surface area contributed by atoms with Gasteiger partial charge in [-0.1, -0.05) is 156 Å². The summed E-state index contributed by atoms with van der Waals surface area (Å²) in [7, 11) is 0. The molecule has 0 atom stereocenters. The van der Waals surface area contributed by atoms with Crippen molar-refractivity contribution >= 4 is 11.4 Å². The monoisotopic (exact) mass is 558 g/mol. The first kappa shape index (κ1) is 31.5. The second-order valence-corrected chi connectivity index (χ2v) is 16.0. The molecule has 0 aliphatic heterocycles. The Bertz CT molecular complexity index is 1490. The van der Waals surface area contributed by atoms with Crippen molar-refractivity contribution in [1.82, 2.24) is 0 Å². The summed E-state index contributed by atoms with van der Waals surface area (Å²) < 4.78 is 0. The molecule has 0 radical (unpaired) electrons. The highest BCUT2D eigenvalue weighted by Crippen LogP contribution is 2.43. The fourth-order valence-corrected chi connectivity index (χ4v) is 5.49. The zero-order valence-electron chi connectivity index (χ0n) is 28.0. The summed E-state index contributed by atoms with van der Waals surface area (Å²) in [5.74, 6) is 0.163. The molecule has 1 nitrogen and oxygen atoms in total. The van der Waals surface area contributed by atoms with Gasteiger partial charge in [0, 0.05) is 11.1 Å². The molecule has 0 fully saturated rings. The van der Waals surface area contributed by atoms with Gasteiger partial charge in [-0.15, -0.1) is 0 Å². The third-order valence-electron chi connectivity index (χ3n) is 8.23. The van der Waals surface area contributed by atoms with Crippen molar-refractivity contribution in [3.63, 3.8) is 0 Å². The molecule has 0 saturated carbocycles. The minimum Gasteiger partial charge on any atom is -0.289 e. The van der Waals surface area contributed by atoms with E-state index in [2.05, 4.69) is 168 Å². The van der Waals surface area contributed by atoms with Gasteiger partial charge in [0.1, 0.15) is 0 Å². The maximum absolute atomic E-state index is 13.9. The standard InChI is InChI=1S/C41H50O/c1-38(2,3)32-22-30(23-33(26-32)39(4,5)6)36(29-20-18-28(19-21-29)27-16-14-13-15-17-27)31-24-34(40(7,8)9)37(42)35(25-31)41(10,11)12/h13-26H,1-12H3. The van der Waals surface area contributed by atoms with Crippen LogP contribution in [0, 0.1) is 10.8 Å². The van der Waals surface area contributed by atoms with E-state index in [9.17, 15) is 4.79 Å². The normalized spacial score (nSPS) is 15.0. The fourth-order valence-electron chi connectivity index (χ4n) is 5.49. The average molecular weight is 559 g/mol. The van der Waals surface area contributed by atoms with Crippen LogP contribution < -0.4 is 0 Å². The lowest BCUT2D eigenvalue weighted by Crippen LogP contribution is -2.28. The van der Waals surface area contributed by atoms with Crippen molar-refractivity contribution in [2.24, 2.45) is 10.8 Å². The van der Waals surface area contributed by atoms with E-state index in [0.717, 1.165) is 22.3 Å². The molecule has 0 saturated heterocycles. The maximum Gasteiger partial charge on any atom is 0.186 e. The quantitative estimate of drug-likeness (QED) is 0.312. The molecule has 0 spiro atoms. The van der Waals surface area contributed by atoms with Crippen LogP contribution in [0.2, 0.25) is 0 Å². The topological polar surface area (TPSA) is 17.1 Å². The molecular formula is C41H50O. The van der Waals surface area contributed by atoms with Crippen LogP contribution in [-0.4, -0.2) is 5.78 Å². The van der Waals surface area contributed by atoms with E-state index in [1.54, 1.807) is 0 Å². The molecule has 0 amide bonds. The molecule has 1 aliphatic rings. The Balaban J connectivity index is 2.12. The second kappa shape index (κ2) is 11.0. The van der Waals surface area contributed by atoms with Crippen molar-refractivity contribution in [2.45, 2.75) is 93.9 Å². The van der Waals surface area contributed by atoms with Gasteiger partial charge in [-0.2, -0.15) is 0 Å². The van der Waals surface area contributed by atoms with Gasteiger partial charge in [0.05, 0.1) is 0 Å². The molecule has 0 aromatic heterocycles. The Morgan fingerprint density at radius 3 is 1.31 bits per heavy atom. The number of Topliss-reactive ketones (excluding diaryl/α,β-unsaturated/α-hetero) is 1. The molecule has 0 bridgehead atoms. The Labute approximate surface area is 255 Å². The minimum absolute atomic E-state index is 0.00962. The van der Waals surface area contributed by atoms with E-state index in [1.807, 2.05) is 0 Å². The van der Waals surface area contributed by atoms with Gasteiger partial charge in [-0.3, -0.25) is 4.79 Å². The molecule has 42 heavy (non-hydrogen) atoms. The molecular weight excluding hydrogens is 508 g/mol. The number of carbonyl (C=O) groups is 1. The zero-order chi connectivity index (χ0) is 31.3. The summed E-state index contributed by atoms with van der Waals surface area (Å²) in [6.45, 7) is 26.6. The highest BCUT2D eigenvalue weighted by Gasteiger charge is 2.35. The zero-order valence-corrected chi connectivity index (χ0v) is 28.0. The van der Waals surface area contributed by atoms with Crippen LogP contribution >= 0.6 is 0 Å². The number of allylic oxidation sites excluding steroid dienone is 5. The summed E-state index contributed by atoms with van der Waals surface area (Å²) in [6, 6.07) is 26.6. The van der Waals surface area contributed by atoms with Gasteiger partial charge in [0.2, 0.25) is 0 Å². The SMILES string of the molecule is CC(C)(C)C1=CC(=C(c2ccc(-c3ccccc3)cc2)c2cc(C(C)(C)C)cc(C(C)(C)C)c2)C=C(C(C)(C)C)C1=O. The first-order chi connectivity index (χ1) is 19.3. The van der Waals surface area contributed by atoms with E-state index in [1.165, 1.54) is 33.4 Å². The van der Waals surface area contributed by atoms with Gasteiger partial charge in [-0.05, 0) is 78.3 Å². The highest BCUT2D eigenvalue weighted by molar-refractivity contribution is 6.12. The second-order valence-electron chi connectivity index (χ2n) is 16.0. The van der Waals surface area contributed by atoms with E-state index in [4.69, 9.17) is 0 Å². The average Bonchev–Trinajstić information content (AvgIpc) is 2.88. The van der Waals surface area contributed by atoms with E-state index >= 15 is 0 Å². The lowest BCUT2D eigenvalue weighted by Gasteiger charge is -2.32. The Morgan fingerprint density at radius 2 is 0.905 bits per heavy atom. The van der Waals surface area contributed by atoms with Gasteiger partial charge in [-0.25, -0.2) is 0 Å². The van der Waals surface area contributed by atoms with Gasteiger partial charge < -0.3 is 0 Å². The van der Waals surface area contributed by atoms with Crippen molar-refractivity contribution in [3.05, 3.63) is 124 Å². The molecule has 3 aromatic rings. The lowest BCUT2D eigenvalue weighted by atomic mass is 9.70. The molecule has 3 aromatic carbocycles. The maximum atomic E-state index is 13.9. The molecule has 1 aliphatic carbocycles. The third-order valence-corrected chi connectivity index (χ3v) is 8.23. The number of benzene rings is 3. The smallest absolute Gasteiger partial charge is 0.186 e. The van der Waals surface area contributed by atoms with Crippen molar-refractivity contribution in [1.29, 1.82) is 0 Å². The van der Waals surface area contributed by atoms with Crippen LogP contribution in [0.15, 0.2) is 102 Å². The van der Waals surface area contributed by atoms with Crippen LogP contribution in [0.5, 0.6) is 0 Å². The molecule has 0 heterocycles. The summed E-state index contributed by atoms with van der Waals surface area (Å²) in [6.07, 6.45) is 4.33. The number of rotatable bonds is 3. The minimum atomic E-state index is -0.279. The van der Waals surface area contributed by atoms with Crippen LogP contribution in [0.25, 0.3) is 16.7 Å². The highest BCUT2D eigenvalue weighted by atomic mass is 16.1. The number of carbonyl (C=O) groups excluding carboxylic acids is 1. The molecule has 0 unspecified atom stereocenters. The Morgan fingerprint density at radius 1 is 0.476 bits per heavy atom. The van der Waals surface area contributed by atoms with Crippen molar-refractivity contribution in [2.75, 3.05) is 0 Å². The van der Waals surface area contributed by atoms with Crippen LogP contribution in [0.3, 0.4) is 0 Å². The number of hydrogen-bond acceptors (Lipinski definition) is 1. The predicted octanol–water partition coefficient (Wildman–Crippen LogP) is 11.3. The van der Waals surface area contributed by atoms with E-state index in [-0.39, 0.29) is 27.4 Å².